The number of rotatable bonds is 5. The van der Waals surface area contributed by atoms with Crippen LogP contribution >= 0.6 is 0 Å². The van der Waals surface area contributed by atoms with E-state index in [1.165, 1.54) is 11.6 Å². The van der Waals surface area contributed by atoms with Crippen LogP contribution in [0.2, 0.25) is 0 Å². The molecule has 0 aliphatic carbocycles. The Kier molecular flexibility index (Phi) is 5.88. The van der Waals surface area contributed by atoms with Gasteiger partial charge in [0, 0.05) is 20.6 Å². The fraction of sp³-hybridized carbons (Fsp3) is 0.333. The molecule has 0 bridgehead atoms. The Morgan fingerprint density at radius 2 is 1.56 bits per heavy atom. The van der Waals surface area contributed by atoms with Crippen LogP contribution in [0.1, 0.15) is 22.9 Å². The molecule has 1 atom stereocenters. The Hall–Kier alpha value is -3.98. The van der Waals surface area contributed by atoms with Crippen LogP contribution in [0, 0.1) is 6.92 Å². The van der Waals surface area contributed by atoms with E-state index in [0.717, 1.165) is 32.6 Å². The minimum Gasteiger partial charge on any atom is -0.493 e. The molecule has 188 valence electrons. The molecule has 1 aliphatic heterocycles. The molecule has 2 aromatic heterocycles. The lowest BCUT2D eigenvalue weighted by Crippen LogP contribution is -2.37. The van der Waals surface area contributed by atoms with Gasteiger partial charge in [0.25, 0.3) is 5.56 Å². The van der Waals surface area contributed by atoms with E-state index in [0.29, 0.717) is 41.3 Å². The third kappa shape index (κ3) is 3.42. The molecule has 4 aromatic rings. The van der Waals surface area contributed by atoms with Gasteiger partial charge in [0.2, 0.25) is 5.75 Å². The second-order valence-corrected chi connectivity index (χ2v) is 8.89. The van der Waals surface area contributed by atoms with Crippen molar-refractivity contribution in [2.24, 2.45) is 14.1 Å². The number of nitrogens with zero attached hydrogens (tertiary/aromatic N) is 3. The van der Waals surface area contributed by atoms with Gasteiger partial charge in [-0.2, -0.15) is 0 Å². The number of fused-ring (bicyclic) bond motifs is 3. The van der Waals surface area contributed by atoms with E-state index in [2.05, 4.69) is 4.57 Å². The molecule has 0 N–H and O–H groups in total. The number of hydrogen-bond donors (Lipinski definition) is 0. The molecule has 0 amide bonds. The first kappa shape index (κ1) is 23.7. The highest BCUT2D eigenvalue weighted by Gasteiger charge is 2.34. The number of benzene rings is 2. The Bertz CT molecular complexity index is 1570. The highest BCUT2D eigenvalue weighted by molar-refractivity contribution is 5.96. The van der Waals surface area contributed by atoms with Gasteiger partial charge in [-0.25, -0.2) is 4.79 Å². The van der Waals surface area contributed by atoms with Gasteiger partial charge in [-0.1, -0.05) is 29.8 Å². The summed E-state index contributed by atoms with van der Waals surface area (Å²) in [6.45, 7) is 2.97. The minimum atomic E-state index is -0.577. The molecule has 2 aromatic carbocycles. The van der Waals surface area contributed by atoms with Gasteiger partial charge in [0.05, 0.1) is 50.2 Å². The lowest BCUT2D eigenvalue weighted by Gasteiger charge is -2.28. The molecule has 0 saturated carbocycles. The van der Waals surface area contributed by atoms with E-state index in [1.54, 1.807) is 28.4 Å². The van der Waals surface area contributed by atoms with Gasteiger partial charge in [0.15, 0.2) is 11.5 Å². The number of aromatic nitrogens is 3. The molecule has 0 unspecified atom stereocenters. The molecule has 0 saturated heterocycles. The molecule has 0 fully saturated rings. The SMILES string of the molecule is COc1cc([C@@H]2OCCn3c(-c4ccc(C)cc4)c4c(=O)n(C)c(=O)n(C)c4c32)cc(OC)c1OC. The van der Waals surface area contributed by atoms with Crippen molar-refractivity contribution in [3.63, 3.8) is 0 Å². The van der Waals surface area contributed by atoms with E-state index >= 15 is 0 Å². The Morgan fingerprint density at radius 3 is 2.14 bits per heavy atom. The van der Waals surface area contributed by atoms with Crippen molar-refractivity contribution in [3.8, 4) is 28.5 Å². The van der Waals surface area contributed by atoms with Crippen molar-refractivity contribution in [2.45, 2.75) is 19.6 Å². The summed E-state index contributed by atoms with van der Waals surface area (Å²) in [7, 11) is 7.86. The number of methoxy groups -OCH3 is 3. The summed E-state index contributed by atoms with van der Waals surface area (Å²) in [5.74, 6) is 1.46. The second kappa shape index (κ2) is 8.91. The molecule has 0 spiro atoms. The zero-order valence-corrected chi connectivity index (χ0v) is 21.2. The van der Waals surface area contributed by atoms with Gasteiger partial charge in [0.1, 0.15) is 6.10 Å². The number of hydrogen-bond acceptors (Lipinski definition) is 6. The van der Waals surface area contributed by atoms with E-state index < -0.39 is 11.8 Å². The maximum Gasteiger partial charge on any atom is 0.331 e. The summed E-state index contributed by atoms with van der Waals surface area (Å²) >= 11 is 0. The zero-order chi connectivity index (χ0) is 25.7. The van der Waals surface area contributed by atoms with E-state index in [9.17, 15) is 9.59 Å². The largest absolute Gasteiger partial charge is 0.493 e. The van der Waals surface area contributed by atoms with Crippen LogP contribution < -0.4 is 25.5 Å². The molecule has 36 heavy (non-hydrogen) atoms. The highest BCUT2D eigenvalue weighted by atomic mass is 16.5. The minimum absolute atomic E-state index is 0.339. The van der Waals surface area contributed by atoms with Gasteiger partial charge in [-0.05, 0) is 30.2 Å². The van der Waals surface area contributed by atoms with Crippen LogP contribution in [0.25, 0.3) is 22.2 Å². The van der Waals surface area contributed by atoms with Crippen molar-refractivity contribution in [3.05, 3.63) is 74.1 Å². The number of ether oxygens (including phenoxy) is 4. The summed E-state index contributed by atoms with van der Waals surface area (Å²) in [6, 6.07) is 11.7. The third-order valence-corrected chi connectivity index (χ3v) is 6.87. The maximum atomic E-state index is 13.5. The quantitative estimate of drug-likeness (QED) is 0.426. The van der Waals surface area contributed by atoms with Crippen LogP contribution in [0.4, 0.5) is 0 Å². The highest BCUT2D eigenvalue weighted by Crippen LogP contribution is 2.45. The maximum absolute atomic E-state index is 13.5. The Morgan fingerprint density at radius 1 is 0.917 bits per heavy atom. The van der Waals surface area contributed by atoms with Crippen molar-refractivity contribution in [1.82, 2.24) is 13.7 Å². The van der Waals surface area contributed by atoms with Gasteiger partial charge in [-0.15, -0.1) is 0 Å². The van der Waals surface area contributed by atoms with Crippen LogP contribution in [0.3, 0.4) is 0 Å². The zero-order valence-electron chi connectivity index (χ0n) is 21.2. The van der Waals surface area contributed by atoms with Gasteiger partial charge < -0.3 is 23.5 Å². The Balaban J connectivity index is 1.89. The normalized spacial score (nSPS) is 15.1. The lowest BCUT2D eigenvalue weighted by molar-refractivity contribution is 0.0475. The topological polar surface area (TPSA) is 85.9 Å². The van der Waals surface area contributed by atoms with Gasteiger partial charge in [-0.3, -0.25) is 13.9 Å². The first-order valence-corrected chi connectivity index (χ1v) is 11.6. The van der Waals surface area contributed by atoms with E-state index in [-0.39, 0.29) is 5.56 Å². The standard InChI is InChI=1S/C27H29N3O6/c1-15-7-9-16(10-8-15)21-20-22(28(2)27(32)29(3)26(20)31)23-24(36-12-11-30(21)23)17-13-18(33-4)25(35-6)19(14-17)34-5/h7-10,13-14,24H,11-12H2,1-6H3/t24-/m0/s1. The van der Waals surface area contributed by atoms with Crippen LogP contribution in [-0.4, -0.2) is 41.6 Å². The molecule has 9 heteroatoms. The average Bonchev–Trinajstić information content (AvgIpc) is 3.25. The predicted octanol–water partition coefficient (Wildman–Crippen LogP) is 3.16. The molecule has 5 rings (SSSR count). The molecular formula is C27H29N3O6. The van der Waals surface area contributed by atoms with E-state index in [4.69, 9.17) is 18.9 Å². The fourth-order valence-electron chi connectivity index (χ4n) is 5.10. The summed E-state index contributed by atoms with van der Waals surface area (Å²) in [5.41, 5.74) is 4.10. The monoisotopic (exact) mass is 491 g/mol. The van der Waals surface area contributed by atoms with Crippen molar-refractivity contribution >= 4 is 10.9 Å². The van der Waals surface area contributed by atoms with Crippen molar-refractivity contribution < 1.29 is 18.9 Å². The average molecular weight is 492 g/mol. The summed E-state index contributed by atoms with van der Waals surface area (Å²) in [4.78, 5) is 26.6. The summed E-state index contributed by atoms with van der Waals surface area (Å²) < 4.78 is 27.7. The molecule has 1 aliphatic rings. The molecular weight excluding hydrogens is 462 g/mol. The number of aryl methyl sites for hydroxylation is 2. The molecule has 3 heterocycles. The smallest absolute Gasteiger partial charge is 0.331 e. The third-order valence-electron chi connectivity index (χ3n) is 6.87. The predicted molar refractivity (Wildman–Crippen MR) is 136 cm³/mol. The Labute approximate surface area is 208 Å². The van der Waals surface area contributed by atoms with Crippen LogP contribution in [0.15, 0.2) is 46.0 Å². The molecule has 9 nitrogen and oxygen atoms in total. The summed E-state index contributed by atoms with van der Waals surface area (Å²) in [6.07, 6.45) is -0.577. The fourth-order valence-corrected chi connectivity index (χ4v) is 5.10. The first-order chi connectivity index (χ1) is 17.3. The van der Waals surface area contributed by atoms with Crippen LogP contribution in [-0.2, 0) is 25.4 Å². The first-order valence-electron chi connectivity index (χ1n) is 11.6. The molecule has 0 radical (unpaired) electrons. The van der Waals surface area contributed by atoms with E-state index in [1.807, 2.05) is 43.3 Å². The van der Waals surface area contributed by atoms with Crippen molar-refractivity contribution in [2.75, 3.05) is 27.9 Å². The lowest BCUT2D eigenvalue weighted by atomic mass is 10.0. The summed E-state index contributed by atoms with van der Waals surface area (Å²) in [5, 5.41) is 0.487. The van der Waals surface area contributed by atoms with Crippen LogP contribution in [0.5, 0.6) is 17.2 Å². The van der Waals surface area contributed by atoms with Gasteiger partial charge >= 0.3 is 5.69 Å². The van der Waals surface area contributed by atoms with Crippen molar-refractivity contribution in [1.29, 1.82) is 0 Å². The second-order valence-electron chi connectivity index (χ2n) is 8.89.